The highest BCUT2D eigenvalue weighted by molar-refractivity contribution is 5.01. The molecule has 3 rings (SSSR count). The van der Waals surface area contributed by atoms with E-state index in [0.29, 0.717) is 6.04 Å². The molecule has 3 heterocycles. The molecule has 0 amide bonds. The number of fused-ring (bicyclic) bond motifs is 1. The number of hydrogen-bond acceptors (Lipinski definition) is 2. The third-order valence-corrected chi connectivity index (χ3v) is 3.90. The molecule has 1 aromatic heterocycles. The second-order valence-corrected chi connectivity index (χ2v) is 5.01. The van der Waals surface area contributed by atoms with Gasteiger partial charge in [0.2, 0.25) is 0 Å². The summed E-state index contributed by atoms with van der Waals surface area (Å²) in [6, 6.07) is 1.49. The van der Waals surface area contributed by atoms with Gasteiger partial charge in [0.25, 0.3) is 0 Å². The minimum atomic E-state index is 0.651. The second kappa shape index (κ2) is 3.63. The van der Waals surface area contributed by atoms with Crippen molar-refractivity contribution in [1.29, 1.82) is 0 Å². The van der Waals surface area contributed by atoms with Gasteiger partial charge in [-0.15, -0.1) is 0 Å². The van der Waals surface area contributed by atoms with E-state index < -0.39 is 0 Å². The first-order chi connectivity index (χ1) is 7.33. The summed E-state index contributed by atoms with van der Waals surface area (Å²) in [7, 11) is 0. The number of piperidine rings is 1. The van der Waals surface area contributed by atoms with Gasteiger partial charge in [-0.3, -0.25) is 4.68 Å². The molecule has 2 unspecified atom stereocenters. The maximum atomic E-state index is 4.45. The Morgan fingerprint density at radius 2 is 2.20 bits per heavy atom. The molecule has 3 nitrogen and oxygen atoms in total. The molecule has 0 aliphatic carbocycles. The Bertz CT molecular complexity index is 344. The Labute approximate surface area is 91.1 Å². The van der Waals surface area contributed by atoms with Crippen LogP contribution in [0.3, 0.4) is 0 Å². The van der Waals surface area contributed by atoms with Gasteiger partial charge in [0.05, 0.1) is 12.2 Å². The normalized spacial score (nSPS) is 31.8. The van der Waals surface area contributed by atoms with E-state index in [1.54, 1.807) is 0 Å². The Morgan fingerprint density at radius 3 is 3.00 bits per heavy atom. The summed E-state index contributed by atoms with van der Waals surface area (Å²) in [6.07, 6.45) is 9.54. The molecule has 0 saturated carbocycles. The van der Waals surface area contributed by atoms with Crippen LogP contribution >= 0.6 is 0 Å². The lowest BCUT2D eigenvalue weighted by Gasteiger charge is -2.34. The van der Waals surface area contributed by atoms with Gasteiger partial charge in [-0.1, -0.05) is 0 Å². The Hall–Kier alpha value is -0.830. The molecule has 0 radical (unpaired) electrons. The van der Waals surface area contributed by atoms with Crippen molar-refractivity contribution in [2.75, 3.05) is 13.1 Å². The SMILES string of the molecule is Cc1cnn(C2CCN3CCCC3C2)c1. The van der Waals surface area contributed by atoms with Crippen LogP contribution in [0.5, 0.6) is 0 Å². The van der Waals surface area contributed by atoms with Crippen molar-refractivity contribution in [1.82, 2.24) is 14.7 Å². The summed E-state index contributed by atoms with van der Waals surface area (Å²) in [4.78, 5) is 2.66. The van der Waals surface area contributed by atoms with Crippen LogP contribution in [0.1, 0.15) is 37.3 Å². The predicted octanol–water partition coefficient (Wildman–Crippen LogP) is 1.99. The molecule has 0 N–H and O–H groups in total. The highest BCUT2D eigenvalue weighted by atomic mass is 15.3. The van der Waals surface area contributed by atoms with Gasteiger partial charge in [-0.05, 0) is 44.7 Å². The first-order valence-electron chi connectivity index (χ1n) is 6.08. The van der Waals surface area contributed by atoms with Crippen molar-refractivity contribution in [3.8, 4) is 0 Å². The molecular formula is C12H19N3. The van der Waals surface area contributed by atoms with E-state index in [1.165, 1.54) is 44.3 Å². The van der Waals surface area contributed by atoms with Crippen LogP contribution in [0.2, 0.25) is 0 Å². The molecule has 0 spiro atoms. The molecule has 82 valence electrons. The lowest BCUT2D eigenvalue weighted by molar-refractivity contribution is 0.149. The summed E-state index contributed by atoms with van der Waals surface area (Å²) in [6.45, 7) is 4.72. The number of nitrogens with zero attached hydrogens (tertiary/aromatic N) is 3. The molecule has 2 aliphatic rings. The van der Waals surface area contributed by atoms with E-state index in [4.69, 9.17) is 0 Å². The molecule has 1 aromatic rings. The van der Waals surface area contributed by atoms with Crippen molar-refractivity contribution < 1.29 is 0 Å². The average Bonchev–Trinajstić information content (AvgIpc) is 2.84. The first-order valence-corrected chi connectivity index (χ1v) is 6.08. The molecule has 15 heavy (non-hydrogen) atoms. The lowest BCUT2D eigenvalue weighted by Crippen LogP contribution is -2.38. The van der Waals surface area contributed by atoms with Crippen LogP contribution in [0.25, 0.3) is 0 Å². The topological polar surface area (TPSA) is 21.1 Å². The maximum Gasteiger partial charge on any atom is 0.0546 e. The van der Waals surface area contributed by atoms with Crippen molar-refractivity contribution in [2.45, 2.75) is 44.7 Å². The maximum absolute atomic E-state index is 4.45. The van der Waals surface area contributed by atoms with E-state index in [2.05, 4.69) is 27.8 Å². The van der Waals surface area contributed by atoms with Crippen molar-refractivity contribution in [3.63, 3.8) is 0 Å². The zero-order valence-corrected chi connectivity index (χ0v) is 9.39. The van der Waals surface area contributed by atoms with Crippen LogP contribution in [0.4, 0.5) is 0 Å². The lowest BCUT2D eigenvalue weighted by atomic mass is 9.98. The first kappa shape index (κ1) is 9.40. The Kier molecular flexibility index (Phi) is 2.28. The minimum Gasteiger partial charge on any atom is -0.300 e. The standard InChI is InChI=1S/C12H19N3/c1-10-8-13-15(9-10)12-4-6-14-5-2-3-11(14)7-12/h8-9,11-12H,2-7H2,1H3. The zero-order valence-electron chi connectivity index (χ0n) is 9.39. The van der Waals surface area contributed by atoms with Crippen LogP contribution in [-0.2, 0) is 0 Å². The third-order valence-electron chi connectivity index (χ3n) is 3.90. The fraction of sp³-hybridized carbons (Fsp3) is 0.750. The summed E-state index contributed by atoms with van der Waals surface area (Å²) in [5.74, 6) is 0. The van der Waals surface area contributed by atoms with Crippen LogP contribution in [0, 0.1) is 6.92 Å². The number of hydrogen-bond donors (Lipinski definition) is 0. The predicted molar refractivity (Wildman–Crippen MR) is 59.8 cm³/mol. The summed E-state index contributed by atoms with van der Waals surface area (Å²) >= 11 is 0. The molecule has 0 bridgehead atoms. The third kappa shape index (κ3) is 1.69. The largest absolute Gasteiger partial charge is 0.300 e. The van der Waals surface area contributed by atoms with E-state index in [1.807, 2.05) is 6.20 Å². The molecule has 2 saturated heterocycles. The fourth-order valence-electron chi connectivity index (χ4n) is 3.08. The van der Waals surface area contributed by atoms with E-state index in [0.717, 1.165) is 6.04 Å². The second-order valence-electron chi connectivity index (χ2n) is 5.01. The smallest absolute Gasteiger partial charge is 0.0546 e. The van der Waals surface area contributed by atoms with Gasteiger partial charge >= 0.3 is 0 Å². The van der Waals surface area contributed by atoms with Gasteiger partial charge in [-0.2, -0.15) is 5.10 Å². The highest BCUT2D eigenvalue weighted by Gasteiger charge is 2.32. The summed E-state index contributed by atoms with van der Waals surface area (Å²) in [5.41, 5.74) is 1.28. The van der Waals surface area contributed by atoms with Crippen LogP contribution < -0.4 is 0 Å². The number of aromatic nitrogens is 2. The fourth-order valence-corrected chi connectivity index (χ4v) is 3.08. The molecule has 2 fully saturated rings. The molecular weight excluding hydrogens is 186 g/mol. The van der Waals surface area contributed by atoms with Crippen LogP contribution in [0.15, 0.2) is 12.4 Å². The number of rotatable bonds is 1. The Morgan fingerprint density at radius 1 is 1.27 bits per heavy atom. The van der Waals surface area contributed by atoms with Crippen molar-refractivity contribution in [3.05, 3.63) is 18.0 Å². The Balaban J connectivity index is 1.73. The van der Waals surface area contributed by atoms with E-state index >= 15 is 0 Å². The van der Waals surface area contributed by atoms with Crippen molar-refractivity contribution >= 4 is 0 Å². The molecule has 2 aliphatic heterocycles. The van der Waals surface area contributed by atoms with Gasteiger partial charge in [0.15, 0.2) is 0 Å². The van der Waals surface area contributed by atoms with Crippen molar-refractivity contribution in [2.24, 2.45) is 0 Å². The monoisotopic (exact) mass is 205 g/mol. The van der Waals surface area contributed by atoms with E-state index in [9.17, 15) is 0 Å². The van der Waals surface area contributed by atoms with Crippen LogP contribution in [-0.4, -0.2) is 33.8 Å². The van der Waals surface area contributed by atoms with E-state index in [-0.39, 0.29) is 0 Å². The average molecular weight is 205 g/mol. The quantitative estimate of drug-likeness (QED) is 0.699. The number of aryl methyl sites for hydroxylation is 1. The van der Waals surface area contributed by atoms with Gasteiger partial charge in [-0.25, -0.2) is 0 Å². The minimum absolute atomic E-state index is 0.651. The van der Waals surface area contributed by atoms with Gasteiger partial charge in [0.1, 0.15) is 0 Å². The zero-order chi connectivity index (χ0) is 10.3. The molecule has 0 aromatic carbocycles. The molecule has 2 atom stereocenters. The van der Waals surface area contributed by atoms with Gasteiger partial charge < -0.3 is 4.90 Å². The summed E-state index contributed by atoms with van der Waals surface area (Å²) in [5, 5.41) is 4.45. The summed E-state index contributed by atoms with van der Waals surface area (Å²) < 4.78 is 2.19. The highest BCUT2D eigenvalue weighted by Crippen LogP contribution is 2.32. The van der Waals surface area contributed by atoms with Gasteiger partial charge in [0, 0.05) is 18.8 Å². The molecule has 3 heteroatoms.